The minimum absolute atomic E-state index is 0.000721. The van der Waals surface area contributed by atoms with Crippen molar-refractivity contribution in [3.8, 4) is 0 Å². The second-order valence-corrected chi connectivity index (χ2v) is 10.2. The van der Waals surface area contributed by atoms with Gasteiger partial charge in [-0.05, 0) is 61.7 Å². The molecule has 0 saturated heterocycles. The van der Waals surface area contributed by atoms with Gasteiger partial charge >= 0.3 is 5.97 Å². The number of rotatable bonds is 6. The molecule has 0 bridgehead atoms. The fourth-order valence-electron chi connectivity index (χ4n) is 3.83. The van der Waals surface area contributed by atoms with Crippen LogP contribution >= 0.6 is 11.6 Å². The maximum Gasteiger partial charge on any atom is 0.338 e. The third-order valence-electron chi connectivity index (χ3n) is 5.61. The lowest BCUT2D eigenvalue weighted by Crippen LogP contribution is -2.29. The number of sulfonamides is 1. The molecule has 0 amide bonds. The van der Waals surface area contributed by atoms with Crippen LogP contribution in [0.5, 0.6) is 0 Å². The molecule has 0 spiro atoms. The van der Waals surface area contributed by atoms with Crippen molar-refractivity contribution in [2.45, 2.75) is 25.2 Å². The van der Waals surface area contributed by atoms with Gasteiger partial charge in [-0.15, -0.1) is 0 Å². The Bertz CT molecular complexity index is 1370. The number of para-hydroxylation sites is 1. The van der Waals surface area contributed by atoms with Crippen LogP contribution < -0.4 is 4.31 Å². The molecule has 6 nitrogen and oxygen atoms in total. The lowest BCUT2D eigenvalue weighted by molar-refractivity contribution is 0.0474. The Morgan fingerprint density at radius 3 is 2.58 bits per heavy atom. The third kappa shape index (κ3) is 4.51. The minimum atomic E-state index is -4.00. The predicted molar refractivity (Wildman–Crippen MR) is 127 cm³/mol. The highest BCUT2D eigenvalue weighted by molar-refractivity contribution is 7.93. The van der Waals surface area contributed by atoms with Crippen LogP contribution in [0.15, 0.2) is 65.6 Å². The summed E-state index contributed by atoms with van der Waals surface area (Å²) in [6.07, 6.45) is 0.593. The van der Waals surface area contributed by atoms with Crippen molar-refractivity contribution in [3.63, 3.8) is 0 Å². The van der Waals surface area contributed by atoms with Gasteiger partial charge in [0.1, 0.15) is 4.90 Å². The predicted octanol–water partition coefficient (Wildman–Crippen LogP) is 4.75. The molecule has 8 heteroatoms. The fraction of sp³-hybridized carbons (Fsp3) is 0.200. The van der Waals surface area contributed by atoms with Gasteiger partial charge in [-0.25, -0.2) is 13.2 Å². The number of Topliss-reactive ketones (excluding diaryl/α,β-unsaturated/α-hetero) is 1. The Kier molecular flexibility index (Phi) is 6.28. The Morgan fingerprint density at radius 1 is 1.03 bits per heavy atom. The molecule has 0 radical (unpaired) electrons. The number of hydrogen-bond donors (Lipinski definition) is 0. The summed E-state index contributed by atoms with van der Waals surface area (Å²) in [5, 5.41) is 0.00222. The number of carbonyl (C=O) groups is 2. The van der Waals surface area contributed by atoms with Crippen LogP contribution in [-0.2, 0) is 21.2 Å². The first-order chi connectivity index (χ1) is 15.7. The highest BCUT2D eigenvalue weighted by Gasteiger charge is 2.32. The molecular formula is C25H22ClNO5S. The summed E-state index contributed by atoms with van der Waals surface area (Å²) in [6, 6.07) is 16.6. The first kappa shape index (κ1) is 23.0. The summed E-state index contributed by atoms with van der Waals surface area (Å²) in [4.78, 5) is 25.0. The van der Waals surface area contributed by atoms with Crippen LogP contribution in [0.3, 0.4) is 0 Å². The molecule has 0 N–H and O–H groups in total. The molecule has 0 aromatic heterocycles. The SMILES string of the molecule is Cc1ccc(C)c(C(=O)COC(=O)c2ccc(Cl)c(S(=O)(=O)N3CCc4ccccc43)c2)c1. The Morgan fingerprint density at radius 2 is 1.79 bits per heavy atom. The average molecular weight is 484 g/mol. The van der Waals surface area contributed by atoms with E-state index in [2.05, 4.69) is 0 Å². The van der Waals surface area contributed by atoms with Gasteiger partial charge in [-0.3, -0.25) is 9.10 Å². The lowest BCUT2D eigenvalue weighted by atomic mass is 10.0. The number of anilines is 1. The number of benzene rings is 3. The molecule has 170 valence electrons. The van der Waals surface area contributed by atoms with E-state index in [1.165, 1.54) is 22.5 Å². The number of fused-ring (bicyclic) bond motifs is 1. The fourth-order valence-corrected chi connectivity index (χ4v) is 5.84. The summed E-state index contributed by atoms with van der Waals surface area (Å²) < 4.78 is 33.2. The third-order valence-corrected chi connectivity index (χ3v) is 7.90. The van der Waals surface area contributed by atoms with E-state index < -0.39 is 22.6 Å². The number of ketones is 1. The first-order valence-corrected chi connectivity index (χ1v) is 12.2. The highest BCUT2D eigenvalue weighted by atomic mass is 35.5. The number of esters is 1. The zero-order chi connectivity index (χ0) is 23.8. The van der Waals surface area contributed by atoms with E-state index in [-0.39, 0.29) is 27.8 Å². The number of halogens is 1. The molecule has 0 aliphatic carbocycles. The highest BCUT2D eigenvalue weighted by Crippen LogP contribution is 2.35. The molecule has 3 aromatic carbocycles. The molecule has 4 rings (SSSR count). The Hall–Kier alpha value is -3.16. The van der Waals surface area contributed by atoms with Crippen LogP contribution in [0.4, 0.5) is 5.69 Å². The molecule has 1 aliphatic rings. The van der Waals surface area contributed by atoms with Crippen LogP contribution in [-0.4, -0.2) is 33.3 Å². The van der Waals surface area contributed by atoms with E-state index >= 15 is 0 Å². The zero-order valence-corrected chi connectivity index (χ0v) is 19.7. The standard InChI is InChI=1S/C25H22ClNO5S/c1-16-7-8-17(2)20(13-16)23(28)15-32-25(29)19-9-10-21(26)24(14-19)33(30,31)27-12-11-18-5-3-4-6-22(18)27/h3-10,13-14H,11-12,15H2,1-2H3. The van der Waals surface area contributed by atoms with Gasteiger partial charge in [0.2, 0.25) is 5.78 Å². The Balaban J connectivity index is 1.55. The molecule has 33 heavy (non-hydrogen) atoms. The van der Waals surface area contributed by atoms with E-state index in [1.807, 2.05) is 31.2 Å². The molecule has 0 fully saturated rings. The van der Waals surface area contributed by atoms with E-state index in [0.29, 0.717) is 17.7 Å². The van der Waals surface area contributed by atoms with Crippen LogP contribution in [0, 0.1) is 13.8 Å². The molecule has 1 heterocycles. The summed E-state index contributed by atoms with van der Waals surface area (Å²) in [7, 11) is -4.00. The maximum absolute atomic E-state index is 13.3. The van der Waals surface area contributed by atoms with Crippen molar-refractivity contribution in [1.29, 1.82) is 0 Å². The second-order valence-electron chi connectivity index (χ2n) is 7.92. The van der Waals surface area contributed by atoms with Crippen LogP contribution in [0.1, 0.15) is 37.4 Å². The van der Waals surface area contributed by atoms with Crippen molar-refractivity contribution in [2.75, 3.05) is 17.5 Å². The van der Waals surface area contributed by atoms with E-state index in [9.17, 15) is 18.0 Å². The van der Waals surface area contributed by atoms with Crippen molar-refractivity contribution >= 4 is 39.1 Å². The van der Waals surface area contributed by atoms with Crippen molar-refractivity contribution in [3.05, 3.63) is 93.5 Å². The molecule has 3 aromatic rings. The van der Waals surface area contributed by atoms with Gasteiger partial charge in [-0.2, -0.15) is 0 Å². The molecule has 1 aliphatic heterocycles. The number of ether oxygens (including phenoxy) is 1. The summed E-state index contributed by atoms with van der Waals surface area (Å²) in [6.45, 7) is 3.52. The van der Waals surface area contributed by atoms with Crippen molar-refractivity contribution in [1.82, 2.24) is 0 Å². The molecule has 0 saturated carbocycles. The number of hydrogen-bond acceptors (Lipinski definition) is 5. The number of aryl methyl sites for hydroxylation is 2. The van der Waals surface area contributed by atoms with Gasteiger partial charge in [0.25, 0.3) is 10.0 Å². The van der Waals surface area contributed by atoms with Crippen LogP contribution in [0.25, 0.3) is 0 Å². The van der Waals surface area contributed by atoms with Gasteiger partial charge in [0, 0.05) is 12.1 Å². The van der Waals surface area contributed by atoms with Gasteiger partial charge in [-0.1, -0.05) is 47.5 Å². The minimum Gasteiger partial charge on any atom is -0.454 e. The smallest absolute Gasteiger partial charge is 0.338 e. The van der Waals surface area contributed by atoms with E-state index in [1.54, 1.807) is 25.1 Å². The normalized spacial score (nSPS) is 13.0. The van der Waals surface area contributed by atoms with Crippen molar-refractivity contribution in [2.24, 2.45) is 0 Å². The summed E-state index contributed by atoms with van der Waals surface area (Å²) in [5.74, 6) is -1.14. The Labute approximate surface area is 197 Å². The largest absolute Gasteiger partial charge is 0.454 e. The number of nitrogens with zero attached hydrogens (tertiary/aromatic N) is 1. The lowest BCUT2D eigenvalue weighted by Gasteiger charge is -2.20. The maximum atomic E-state index is 13.3. The zero-order valence-electron chi connectivity index (χ0n) is 18.2. The second kappa shape index (κ2) is 9.00. The van der Waals surface area contributed by atoms with Crippen molar-refractivity contribution < 1.29 is 22.7 Å². The van der Waals surface area contributed by atoms with E-state index in [4.69, 9.17) is 16.3 Å². The molecule has 0 atom stereocenters. The van der Waals surface area contributed by atoms with E-state index in [0.717, 1.165) is 16.7 Å². The summed E-state index contributed by atoms with van der Waals surface area (Å²) >= 11 is 6.22. The topological polar surface area (TPSA) is 80.8 Å². The average Bonchev–Trinajstić information content (AvgIpc) is 3.24. The van der Waals surface area contributed by atoms with Crippen LogP contribution in [0.2, 0.25) is 5.02 Å². The molecule has 0 unspecified atom stereocenters. The van der Waals surface area contributed by atoms with Gasteiger partial charge < -0.3 is 4.74 Å². The number of carbonyl (C=O) groups excluding carboxylic acids is 2. The quantitative estimate of drug-likeness (QED) is 0.373. The first-order valence-electron chi connectivity index (χ1n) is 10.4. The van der Waals surface area contributed by atoms with Gasteiger partial charge in [0.05, 0.1) is 16.3 Å². The summed E-state index contributed by atoms with van der Waals surface area (Å²) in [5.41, 5.74) is 3.71. The monoisotopic (exact) mass is 483 g/mol. The molecular weight excluding hydrogens is 462 g/mol. The van der Waals surface area contributed by atoms with Gasteiger partial charge in [0.15, 0.2) is 6.61 Å².